The molecule has 2 aromatic carbocycles. The molecule has 0 saturated carbocycles. The van der Waals surface area contributed by atoms with Crippen molar-refractivity contribution in [2.24, 2.45) is 5.73 Å². The molecule has 98 valence electrons. The van der Waals surface area contributed by atoms with E-state index in [4.69, 9.17) is 45.9 Å². The molecule has 2 rings (SSSR count). The summed E-state index contributed by atoms with van der Waals surface area (Å²) in [4.78, 5) is 0.245. The molecule has 0 aromatic heterocycles. The third-order valence-corrected chi connectivity index (χ3v) is 3.27. The standard InChI is InChI=1S/C14H11Cl2NOS/c1-8-2-5-12(11(16)6-8)18-13-7-9(15)3-4-10(13)14(17)19/h2-7H,1H3,(H2,17,19). The summed E-state index contributed by atoms with van der Waals surface area (Å²) in [5.41, 5.74) is 7.33. The van der Waals surface area contributed by atoms with Gasteiger partial charge in [0.05, 0.1) is 10.6 Å². The smallest absolute Gasteiger partial charge is 0.146 e. The zero-order valence-corrected chi connectivity index (χ0v) is 12.4. The first-order valence-corrected chi connectivity index (χ1v) is 6.67. The zero-order chi connectivity index (χ0) is 14.0. The Balaban J connectivity index is 2.42. The van der Waals surface area contributed by atoms with Gasteiger partial charge < -0.3 is 10.5 Å². The molecule has 0 aliphatic heterocycles. The van der Waals surface area contributed by atoms with Crippen LogP contribution < -0.4 is 10.5 Å². The first kappa shape index (κ1) is 14.1. The largest absolute Gasteiger partial charge is 0.455 e. The molecule has 5 heteroatoms. The first-order chi connectivity index (χ1) is 8.97. The molecule has 2 aromatic rings. The van der Waals surface area contributed by atoms with Gasteiger partial charge in [0.15, 0.2) is 0 Å². The first-order valence-electron chi connectivity index (χ1n) is 5.51. The second-order valence-electron chi connectivity index (χ2n) is 4.04. The number of halogens is 2. The molecular formula is C14H11Cl2NOS. The van der Waals surface area contributed by atoms with Crippen LogP contribution in [0.2, 0.25) is 10.0 Å². The Morgan fingerprint density at radius 3 is 2.47 bits per heavy atom. The van der Waals surface area contributed by atoms with Gasteiger partial charge in [-0.05, 0) is 36.8 Å². The van der Waals surface area contributed by atoms with Crippen LogP contribution in [0.15, 0.2) is 36.4 Å². The Morgan fingerprint density at radius 1 is 1.11 bits per heavy atom. The topological polar surface area (TPSA) is 35.2 Å². The van der Waals surface area contributed by atoms with Gasteiger partial charge in [-0.2, -0.15) is 0 Å². The highest BCUT2D eigenvalue weighted by Crippen LogP contribution is 2.33. The fourth-order valence-electron chi connectivity index (χ4n) is 1.59. The molecule has 0 unspecified atom stereocenters. The number of rotatable bonds is 3. The van der Waals surface area contributed by atoms with Crippen molar-refractivity contribution in [1.82, 2.24) is 0 Å². The van der Waals surface area contributed by atoms with Crippen molar-refractivity contribution in [3.8, 4) is 11.5 Å². The van der Waals surface area contributed by atoms with Crippen molar-refractivity contribution in [2.45, 2.75) is 6.92 Å². The van der Waals surface area contributed by atoms with E-state index < -0.39 is 0 Å². The van der Waals surface area contributed by atoms with Gasteiger partial charge >= 0.3 is 0 Å². The molecule has 0 amide bonds. The van der Waals surface area contributed by atoms with Crippen LogP contribution >= 0.6 is 35.4 Å². The Kier molecular flexibility index (Phi) is 4.30. The predicted octanol–water partition coefficient (Wildman–Crippen LogP) is 4.73. The minimum absolute atomic E-state index is 0.245. The molecule has 0 heterocycles. The van der Waals surface area contributed by atoms with E-state index >= 15 is 0 Å². The summed E-state index contributed by atoms with van der Waals surface area (Å²) in [5.74, 6) is 1.03. The lowest BCUT2D eigenvalue weighted by molar-refractivity contribution is 0.482. The predicted molar refractivity (Wildman–Crippen MR) is 83.6 cm³/mol. The Hall–Kier alpha value is -1.29. The van der Waals surface area contributed by atoms with Crippen molar-refractivity contribution in [2.75, 3.05) is 0 Å². The van der Waals surface area contributed by atoms with Gasteiger partial charge in [-0.15, -0.1) is 0 Å². The lowest BCUT2D eigenvalue weighted by atomic mass is 10.2. The molecule has 2 nitrogen and oxygen atoms in total. The zero-order valence-electron chi connectivity index (χ0n) is 10.1. The van der Waals surface area contributed by atoms with Crippen molar-refractivity contribution >= 4 is 40.4 Å². The molecule has 0 aliphatic rings. The fourth-order valence-corrected chi connectivity index (χ4v) is 2.20. The van der Waals surface area contributed by atoms with Gasteiger partial charge in [-0.25, -0.2) is 0 Å². The van der Waals surface area contributed by atoms with Crippen molar-refractivity contribution in [3.63, 3.8) is 0 Å². The van der Waals surface area contributed by atoms with E-state index in [9.17, 15) is 0 Å². The quantitative estimate of drug-likeness (QED) is 0.832. The van der Waals surface area contributed by atoms with Crippen molar-refractivity contribution in [3.05, 3.63) is 57.6 Å². The van der Waals surface area contributed by atoms with Gasteiger partial charge in [0, 0.05) is 11.1 Å². The maximum atomic E-state index is 6.13. The molecule has 0 radical (unpaired) electrons. The summed E-state index contributed by atoms with van der Waals surface area (Å²) >= 11 is 17.1. The van der Waals surface area contributed by atoms with Gasteiger partial charge in [-0.1, -0.05) is 41.5 Å². The van der Waals surface area contributed by atoms with Gasteiger partial charge in [0.2, 0.25) is 0 Å². The van der Waals surface area contributed by atoms with Gasteiger partial charge in [0.25, 0.3) is 0 Å². The van der Waals surface area contributed by atoms with E-state index in [1.165, 1.54) is 0 Å². The minimum atomic E-state index is 0.245. The van der Waals surface area contributed by atoms with E-state index in [1.54, 1.807) is 24.3 Å². The molecule has 0 saturated heterocycles. The summed E-state index contributed by atoms with van der Waals surface area (Å²) in [7, 11) is 0. The molecule has 0 atom stereocenters. The second kappa shape index (κ2) is 5.78. The minimum Gasteiger partial charge on any atom is -0.455 e. The highest BCUT2D eigenvalue weighted by molar-refractivity contribution is 7.80. The van der Waals surface area contributed by atoms with Crippen LogP contribution in [0.25, 0.3) is 0 Å². The van der Waals surface area contributed by atoms with Crippen LogP contribution in [-0.4, -0.2) is 4.99 Å². The second-order valence-corrected chi connectivity index (χ2v) is 5.32. The molecule has 2 N–H and O–H groups in total. The fraction of sp³-hybridized carbons (Fsp3) is 0.0714. The maximum Gasteiger partial charge on any atom is 0.146 e. The summed E-state index contributed by atoms with van der Waals surface area (Å²) in [6.45, 7) is 1.95. The monoisotopic (exact) mass is 311 g/mol. The maximum absolute atomic E-state index is 6.13. The van der Waals surface area contributed by atoms with E-state index in [1.807, 2.05) is 19.1 Å². The number of benzene rings is 2. The number of aryl methyl sites for hydroxylation is 1. The summed E-state index contributed by atoms with van der Waals surface area (Å²) in [6.07, 6.45) is 0. The van der Waals surface area contributed by atoms with Gasteiger partial charge in [0.1, 0.15) is 16.5 Å². The summed E-state index contributed by atoms with van der Waals surface area (Å²) in [6, 6.07) is 10.6. The molecule has 0 bridgehead atoms. The Labute approximate surface area is 127 Å². The van der Waals surface area contributed by atoms with Crippen molar-refractivity contribution < 1.29 is 4.74 Å². The lowest BCUT2D eigenvalue weighted by Gasteiger charge is -2.12. The molecule has 19 heavy (non-hydrogen) atoms. The van der Waals surface area contributed by atoms with E-state index in [-0.39, 0.29) is 4.99 Å². The lowest BCUT2D eigenvalue weighted by Crippen LogP contribution is -2.10. The third kappa shape index (κ3) is 3.38. The van der Waals surface area contributed by atoms with Crippen LogP contribution in [0, 0.1) is 6.92 Å². The van der Waals surface area contributed by atoms with E-state index in [2.05, 4.69) is 0 Å². The van der Waals surface area contributed by atoms with E-state index in [0.29, 0.717) is 27.1 Å². The highest BCUT2D eigenvalue weighted by Gasteiger charge is 2.10. The number of ether oxygens (including phenoxy) is 1. The number of hydrogen-bond donors (Lipinski definition) is 1. The molecule has 0 fully saturated rings. The molecule has 0 aliphatic carbocycles. The molecular weight excluding hydrogens is 301 g/mol. The van der Waals surface area contributed by atoms with Crippen molar-refractivity contribution in [1.29, 1.82) is 0 Å². The summed E-state index contributed by atoms with van der Waals surface area (Å²) < 4.78 is 5.75. The SMILES string of the molecule is Cc1ccc(Oc2cc(Cl)ccc2C(N)=S)c(Cl)c1. The van der Waals surface area contributed by atoms with Crippen LogP contribution in [0.1, 0.15) is 11.1 Å². The van der Waals surface area contributed by atoms with Crippen LogP contribution in [-0.2, 0) is 0 Å². The van der Waals surface area contributed by atoms with Gasteiger partial charge in [-0.3, -0.25) is 0 Å². The highest BCUT2D eigenvalue weighted by atomic mass is 35.5. The van der Waals surface area contributed by atoms with Crippen LogP contribution in [0.4, 0.5) is 0 Å². The average molecular weight is 312 g/mol. The Morgan fingerprint density at radius 2 is 1.84 bits per heavy atom. The normalized spacial score (nSPS) is 10.3. The van der Waals surface area contributed by atoms with E-state index in [0.717, 1.165) is 5.56 Å². The number of hydrogen-bond acceptors (Lipinski definition) is 2. The summed E-state index contributed by atoms with van der Waals surface area (Å²) in [5, 5.41) is 1.06. The number of nitrogens with two attached hydrogens (primary N) is 1. The number of thiocarbonyl (C=S) groups is 1. The average Bonchev–Trinajstić information content (AvgIpc) is 2.32. The van der Waals surface area contributed by atoms with Crippen LogP contribution in [0.3, 0.4) is 0 Å². The Bertz CT molecular complexity index is 643. The van der Waals surface area contributed by atoms with Crippen LogP contribution in [0.5, 0.6) is 11.5 Å². The molecule has 0 spiro atoms. The third-order valence-electron chi connectivity index (χ3n) is 2.52.